The highest BCUT2D eigenvalue weighted by atomic mass is 19.1. The van der Waals surface area contributed by atoms with Crippen LogP contribution in [0.4, 0.5) is 4.39 Å². The van der Waals surface area contributed by atoms with Gasteiger partial charge in [-0.05, 0) is 30.5 Å². The number of benzene rings is 2. The number of furan rings is 1. The molecule has 0 saturated carbocycles. The van der Waals surface area contributed by atoms with E-state index in [1.807, 2.05) is 30.3 Å². The normalized spacial score (nSPS) is 12.7. The molecule has 0 bridgehead atoms. The number of hydrogen-bond acceptors (Lipinski definition) is 3. The van der Waals surface area contributed by atoms with Gasteiger partial charge in [0.2, 0.25) is 0 Å². The van der Waals surface area contributed by atoms with Gasteiger partial charge < -0.3 is 4.42 Å². The van der Waals surface area contributed by atoms with Gasteiger partial charge in [0.15, 0.2) is 11.4 Å². The van der Waals surface area contributed by atoms with Crippen LogP contribution >= 0.6 is 0 Å². The van der Waals surface area contributed by atoms with Crippen LogP contribution in [0.3, 0.4) is 0 Å². The van der Waals surface area contributed by atoms with Crippen LogP contribution in [0, 0.1) is 5.82 Å². The lowest BCUT2D eigenvalue weighted by atomic mass is 10.0. The van der Waals surface area contributed by atoms with Crippen LogP contribution < -0.4 is 11.3 Å². The van der Waals surface area contributed by atoms with Crippen molar-refractivity contribution in [3.05, 3.63) is 71.7 Å². The summed E-state index contributed by atoms with van der Waals surface area (Å²) in [5.41, 5.74) is 4.27. The summed E-state index contributed by atoms with van der Waals surface area (Å²) >= 11 is 0. The SMILES string of the molecule is NNC(CCc1ccccc1)c1cc2cccc(F)c2o1. The van der Waals surface area contributed by atoms with Crippen LogP contribution in [0.1, 0.15) is 23.8 Å². The van der Waals surface area contributed by atoms with E-state index in [0.29, 0.717) is 5.76 Å². The number of halogens is 1. The maximum atomic E-state index is 13.7. The number of rotatable bonds is 5. The second-order valence-corrected chi connectivity index (χ2v) is 5.05. The van der Waals surface area contributed by atoms with Gasteiger partial charge in [-0.15, -0.1) is 0 Å². The minimum Gasteiger partial charge on any atom is -0.456 e. The number of fused-ring (bicyclic) bond motifs is 1. The summed E-state index contributed by atoms with van der Waals surface area (Å²) in [5.74, 6) is 5.94. The van der Waals surface area contributed by atoms with Crippen LogP contribution in [0.2, 0.25) is 0 Å². The van der Waals surface area contributed by atoms with Crippen molar-refractivity contribution in [3.8, 4) is 0 Å². The molecule has 108 valence electrons. The molecule has 0 radical (unpaired) electrons. The first-order chi connectivity index (χ1) is 10.3. The van der Waals surface area contributed by atoms with Gasteiger partial charge in [-0.2, -0.15) is 0 Å². The molecule has 3 nitrogen and oxygen atoms in total. The summed E-state index contributed by atoms with van der Waals surface area (Å²) in [6.07, 6.45) is 1.65. The molecule has 0 aliphatic heterocycles. The largest absolute Gasteiger partial charge is 0.456 e. The highest BCUT2D eigenvalue weighted by Gasteiger charge is 2.16. The molecule has 1 heterocycles. The Morgan fingerprint density at radius 3 is 2.62 bits per heavy atom. The standard InChI is InChI=1S/C17H17FN2O/c18-14-8-4-7-13-11-16(21-17(13)14)15(20-19)10-9-12-5-2-1-3-6-12/h1-8,11,15,20H,9-10,19H2. The van der Waals surface area contributed by atoms with Crippen molar-refractivity contribution in [2.75, 3.05) is 0 Å². The molecule has 21 heavy (non-hydrogen) atoms. The van der Waals surface area contributed by atoms with Crippen molar-refractivity contribution in [1.29, 1.82) is 0 Å². The smallest absolute Gasteiger partial charge is 0.169 e. The molecule has 1 atom stereocenters. The minimum absolute atomic E-state index is 0.142. The van der Waals surface area contributed by atoms with Crippen LogP contribution in [-0.4, -0.2) is 0 Å². The molecule has 3 aromatic rings. The van der Waals surface area contributed by atoms with Crippen molar-refractivity contribution >= 4 is 11.0 Å². The molecule has 3 N–H and O–H groups in total. The average Bonchev–Trinajstić information content (AvgIpc) is 2.94. The highest BCUT2D eigenvalue weighted by Crippen LogP contribution is 2.27. The molecule has 0 fully saturated rings. The Balaban J connectivity index is 1.80. The lowest BCUT2D eigenvalue weighted by molar-refractivity contribution is 0.411. The molecule has 0 saturated heterocycles. The van der Waals surface area contributed by atoms with E-state index in [1.165, 1.54) is 11.6 Å². The predicted octanol–water partition coefficient (Wildman–Crippen LogP) is 3.71. The maximum Gasteiger partial charge on any atom is 0.169 e. The molecule has 2 aromatic carbocycles. The van der Waals surface area contributed by atoms with Crippen LogP contribution in [0.25, 0.3) is 11.0 Å². The number of aryl methyl sites for hydroxylation is 1. The maximum absolute atomic E-state index is 13.7. The molecule has 3 rings (SSSR count). The van der Waals surface area contributed by atoms with Crippen LogP contribution in [0.15, 0.2) is 59.0 Å². The minimum atomic E-state index is -0.349. The summed E-state index contributed by atoms with van der Waals surface area (Å²) in [4.78, 5) is 0. The summed E-state index contributed by atoms with van der Waals surface area (Å²) in [6.45, 7) is 0. The zero-order valence-electron chi connectivity index (χ0n) is 11.6. The van der Waals surface area contributed by atoms with Gasteiger partial charge in [0.05, 0.1) is 6.04 Å². The van der Waals surface area contributed by atoms with Gasteiger partial charge >= 0.3 is 0 Å². The number of hydrazine groups is 1. The Bertz CT molecular complexity index is 724. The van der Waals surface area contributed by atoms with Gasteiger partial charge in [-0.3, -0.25) is 5.84 Å². The quantitative estimate of drug-likeness (QED) is 0.554. The van der Waals surface area contributed by atoms with Crippen molar-refractivity contribution in [1.82, 2.24) is 5.43 Å². The molecule has 0 amide bonds. The number of para-hydroxylation sites is 1. The van der Waals surface area contributed by atoms with E-state index in [2.05, 4.69) is 17.6 Å². The summed E-state index contributed by atoms with van der Waals surface area (Å²) in [6, 6.07) is 16.8. The molecular formula is C17H17FN2O. The second-order valence-electron chi connectivity index (χ2n) is 5.05. The fourth-order valence-electron chi connectivity index (χ4n) is 2.48. The van der Waals surface area contributed by atoms with Crippen molar-refractivity contribution in [2.45, 2.75) is 18.9 Å². The summed E-state index contributed by atoms with van der Waals surface area (Å²) < 4.78 is 19.3. The van der Waals surface area contributed by atoms with Gasteiger partial charge in [-0.1, -0.05) is 42.5 Å². The lowest BCUT2D eigenvalue weighted by Gasteiger charge is -2.13. The monoisotopic (exact) mass is 284 g/mol. The topological polar surface area (TPSA) is 51.2 Å². The Hall–Kier alpha value is -2.17. The van der Waals surface area contributed by atoms with Crippen LogP contribution in [0.5, 0.6) is 0 Å². The van der Waals surface area contributed by atoms with Crippen molar-refractivity contribution in [3.63, 3.8) is 0 Å². The van der Waals surface area contributed by atoms with Gasteiger partial charge in [0.1, 0.15) is 5.76 Å². The molecule has 4 heteroatoms. The lowest BCUT2D eigenvalue weighted by Crippen LogP contribution is -2.28. The fraction of sp³-hybridized carbons (Fsp3) is 0.176. The predicted molar refractivity (Wildman–Crippen MR) is 81.0 cm³/mol. The van der Waals surface area contributed by atoms with E-state index >= 15 is 0 Å². The van der Waals surface area contributed by atoms with Gasteiger partial charge in [0.25, 0.3) is 0 Å². The fourth-order valence-corrected chi connectivity index (χ4v) is 2.48. The number of hydrogen-bond donors (Lipinski definition) is 2. The molecule has 0 aliphatic carbocycles. The zero-order valence-corrected chi connectivity index (χ0v) is 11.6. The summed E-state index contributed by atoms with van der Waals surface area (Å²) in [7, 11) is 0. The Morgan fingerprint density at radius 1 is 1.10 bits per heavy atom. The van der Waals surface area contributed by atoms with E-state index < -0.39 is 0 Å². The molecular weight excluding hydrogens is 267 g/mol. The summed E-state index contributed by atoms with van der Waals surface area (Å²) in [5, 5.41) is 0.755. The first-order valence-corrected chi connectivity index (χ1v) is 6.96. The Kier molecular flexibility index (Phi) is 3.99. The Morgan fingerprint density at radius 2 is 1.90 bits per heavy atom. The molecule has 0 spiro atoms. The van der Waals surface area contributed by atoms with E-state index in [1.54, 1.807) is 6.07 Å². The van der Waals surface area contributed by atoms with Crippen molar-refractivity contribution < 1.29 is 8.81 Å². The zero-order chi connectivity index (χ0) is 14.7. The van der Waals surface area contributed by atoms with Crippen LogP contribution in [-0.2, 0) is 6.42 Å². The van der Waals surface area contributed by atoms with E-state index in [4.69, 9.17) is 10.3 Å². The van der Waals surface area contributed by atoms with E-state index in [-0.39, 0.29) is 17.4 Å². The molecule has 1 aromatic heterocycles. The number of nitrogens with one attached hydrogen (secondary N) is 1. The van der Waals surface area contributed by atoms with Gasteiger partial charge in [0, 0.05) is 5.39 Å². The molecule has 1 unspecified atom stereocenters. The average molecular weight is 284 g/mol. The molecule has 0 aliphatic rings. The highest BCUT2D eigenvalue weighted by molar-refractivity contribution is 5.78. The van der Waals surface area contributed by atoms with E-state index in [0.717, 1.165) is 18.2 Å². The number of nitrogens with two attached hydrogens (primary N) is 1. The first-order valence-electron chi connectivity index (χ1n) is 6.96. The second kappa shape index (κ2) is 6.08. The first kappa shape index (κ1) is 13.8. The van der Waals surface area contributed by atoms with E-state index in [9.17, 15) is 4.39 Å². The Labute approximate surface area is 122 Å². The third-order valence-corrected chi connectivity index (χ3v) is 3.62. The van der Waals surface area contributed by atoms with Crippen molar-refractivity contribution in [2.24, 2.45) is 5.84 Å². The third kappa shape index (κ3) is 2.96. The third-order valence-electron chi connectivity index (χ3n) is 3.62. The van der Waals surface area contributed by atoms with Gasteiger partial charge in [-0.25, -0.2) is 9.82 Å².